The number of carbonyl (C=O) groups excluding carboxylic acids is 1. The van der Waals surface area contributed by atoms with Crippen molar-refractivity contribution in [3.05, 3.63) is 39.9 Å². The number of amides is 1. The van der Waals surface area contributed by atoms with Crippen molar-refractivity contribution < 1.29 is 9.90 Å². The van der Waals surface area contributed by atoms with Crippen molar-refractivity contribution in [2.24, 2.45) is 0 Å². The summed E-state index contributed by atoms with van der Waals surface area (Å²) in [6, 6.07) is 6.22. The largest absolute Gasteiger partial charge is 0.395 e. The molecule has 112 valence electrons. The van der Waals surface area contributed by atoms with Crippen molar-refractivity contribution >= 4 is 17.2 Å². The van der Waals surface area contributed by atoms with Gasteiger partial charge in [0.1, 0.15) is 9.88 Å². The number of benzene rings is 1. The predicted molar refractivity (Wildman–Crippen MR) is 85.8 cm³/mol. The second kappa shape index (κ2) is 6.37. The van der Waals surface area contributed by atoms with Gasteiger partial charge in [-0.1, -0.05) is 23.8 Å². The minimum Gasteiger partial charge on any atom is -0.395 e. The number of thiazole rings is 1. The van der Waals surface area contributed by atoms with Crippen LogP contribution in [-0.2, 0) is 0 Å². The highest BCUT2D eigenvalue weighted by molar-refractivity contribution is 7.17. The van der Waals surface area contributed by atoms with Gasteiger partial charge >= 0.3 is 0 Å². The fourth-order valence-electron chi connectivity index (χ4n) is 2.19. The van der Waals surface area contributed by atoms with Gasteiger partial charge in [0.05, 0.1) is 12.3 Å². The zero-order valence-electron chi connectivity index (χ0n) is 12.8. The van der Waals surface area contributed by atoms with Crippen LogP contribution in [0.4, 0.5) is 0 Å². The molecule has 0 aliphatic rings. The van der Waals surface area contributed by atoms with Gasteiger partial charge in [0.25, 0.3) is 5.91 Å². The highest BCUT2D eigenvalue weighted by Gasteiger charge is 2.19. The van der Waals surface area contributed by atoms with Crippen LogP contribution in [-0.4, -0.2) is 41.1 Å². The second-order valence-electron chi connectivity index (χ2n) is 5.20. The maximum atomic E-state index is 12.3. The first-order valence-electron chi connectivity index (χ1n) is 6.85. The van der Waals surface area contributed by atoms with Crippen molar-refractivity contribution in [3.8, 4) is 10.6 Å². The third-order valence-corrected chi connectivity index (χ3v) is 4.56. The second-order valence-corrected chi connectivity index (χ2v) is 6.20. The van der Waals surface area contributed by atoms with Gasteiger partial charge in [0, 0.05) is 19.2 Å². The standard InChI is InChI=1S/C16H20N2O2S/c1-10-5-6-13(11(2)9-10)15-17-12(3)14(21-15)16(20)18(4)7-8-19/h5-6,9,19H,7-8H2,1-4H3. The number of aliphatic hydroxyl groups excluding tert-OH is 1. The summed E-state index contributed by atoms with van der Waals surface area (Å²) < 4.78 is 0. The van der Waals surface area contributed by atoms with E-state index >= 15 is 0 Å². The molecule has 0 saturated heterocycles. The van der Waals surface area contributed by atoms with Crippen LogP contribution in [0.2, 0.25) is 0 Å². The van der Waals surface area contributed by atoms with Crippen molar-refractivity contribution in [1.82, 2.24) is 9.88 Å². The number of rotatable bonds is 4. The molecule has 0 aliphatic carbocycles. The lowest BCUT2D eigenvalue weighted by Gasteiger charge is -2.14. The summed E-state index contributed by atoms with van der Waals surface area (Å²) in [5.74, 6) is -0.0879. The minimum absolute atomic E-state index is 0.0377. The highest BCUT2D eigenvalue weighted by Crippen LogP contribution is 2.31. The van der Waals surface area contributed by atoms with Gasteiger partial charge in [-0.05, 0) is 26.3 Å². The number of likely N-dealkylation sites (N-methyl/N-ethyl adjacent to an activating group) is 1. The van der Waals surface area contributed by atoms with Crippen LogP contribution < -0.4 is 0 Å². The maximum Gasteiger partial charge on any atom is 0.265 e. The Morgan fingerprint density at radius 3 is 2.67 bits per heavy atom. The summed E-state index contributed by atoms with van der Waals surface area (Å²) in [4.78, 5) is 19.0. The van der Waals surface area contributed by atoms with Gasteiger partial charge in [0.15, 0.2) is 0 Å². The van der Waals surface area contributed by atoms with E-state index in [0.717, 1.165) is 21.8 Å². The average molecular weight is 304 g/mol. The number of aryl methyl sites for hydroxylation is 3. The molecule has 4 nitrogen and oxygen atoms in total. The maximum absolute atomic E-state index is 12.3. The molecular weight excluding hydrogens is 284 g/mol. The van der Waals surface area contributed by atoms with Crippen molar-refractivity contribution in [2.75, 3.05) is 20.2 Å². The number of hydrogen-bond donors (Lipinski definition) is 1. The molecule has 0 aliphatic heterocycles. The van der Waals surface area contributed by atoms with Gasteiger partial charge in [-0.2, -0.15) is 0 Å². The molecule has 0 bridgehead atoms. The fourth-order valence-corrected chi connectivity index (χ4v) is 3.34. The predicted octanol–water partition coefficient (Wildman–Crippen LogP) is 2.80. The normalized spacial score (nSPS) is 10.7. The topological polar surface area (TPSA) is 53.4 Å². The Balaban J connectivity index is 2.37. The molecule has 1 heterocycles. The number of nitrogens with zero attached hydrogens (tertiary/aromatic N) is 2. The van der Waals surface area contributed by atoms with E-state index in [2.05, 4.69) is 37.0 Å². The Morgan fingerprint density at radius 2 is 2.05 bits per heavy atom. The zero-order chi connectivity index (χ0) is 15.6. The summed E-state index contributed by atoms with van der Waals surface area (Å²) in [5.41, 5.74) is 4.18. The molecule has 2 aromatic rings. The molecule has 1 N–H and O–H groups in total. The van der Waals surface area contributed by atoms with Crippen LogP contribution in [0.15, 0.2) is 18.2 Å². The highest BCUT2D eigenvalue weighted by atomic mass is 32.1. The van der Waals surface area contributed by atoms with Gasteiger partial charge in [-0.25, -0.2) is 4.98 Å². The van der Waals surface area contributed by atoms with E-state index in [-0.39, 0.29) is 12.5 Å². The number of carbonyl (C=O) groups is 1. The van der Waals surface area contributed by atoms with Crippen molar-refractivity contribution in [2.45, 2.75) is 20.8 Å². The third kappa shape index (κ3) is 3.31. The first kappa shape index (κ1) is 15.7. The number of aromatic nitrogens is 1. The van der Waals surface area contributed by atoms with E-state index in [1.807, 2.05) is 6.92 Å². The van der Waals surface area contributed by atoms with E-state index in [9.17, 15) is 4.79 Å². The first-order chi connectivity index (χ1) is 9.93. The number of aliphatic hydroxyl groups is 1. The molecule has 1 aromatic heterocycles. The third-order valence-electron chi connectivity index (χ3n) is 3.39. The van der Waals surface area contributed by atoms with Gasteiger partial charge in [-0.15, -0.1) is 11.3 Å². The summed E-state index contributed by atoms with van der Waals surface area (Å²) in [7, 11) is 1.69. The van der Waals surface area contributed by atoms with Crippen molar-refractivity contribution in [3.63, 3.8) is 0 Å². The Kier molecular flexibility index (Phi) is 4.75. The molecule has 0 radical (unpaired) electrons. The Morgan fingerprint density at radius 1 is 1.33 bits per heavy atom. The van der Waals surface area contributed by atoms with E-state index in [4.69, 9.17) is 5.11 Å². The SMILES string of the molecule is Cc1ccc(-c2nc(C)c(C(=O)N(C)CCO)s2)c(C)c1. The zero-order valence-corrected chi connectivity index (χ0v) is 13.6. The molecule has 0 unspecified atom stereocenters. The Labute approximate surface area is 129 Å². The van der Waals surface area contributed by atoms with E-state index < -0.39 is 0 Å². The molecule has 21 heavy (non-hydrogen) atoms. The van der Waals surface area contributed by atoms with Gasteiger partial charge < -0.3 is 10.0 Å². The minimum atomic E-state index is -0.0879. The lowest BCUT2D eigenvalue weighted by molar-refractivity contribution is 0.0771. The Bertz CT molecular complexity index is 664. The monoisotopic (exact) mass is 304 g/mol. The molecule has 1 amide bonds. The van der Waals surface area contributed by atoms with Gasteiger partial charge in [0.2, 0.25) is 0 Å². The lowest BCUT2D eigenvalue weighted by Crippen LogP contribution is -2.29. The molecule has 2 rings (SSSR count). The smallest absolute Gasteiger partial charge is 0.265 e. The van der Waals surface area contributed by atoms with E-state index in [0.29, 0.717) is 11.4 Å². The Hall–Kier alpha value is -1.72. The van der Waals surface area contributed by atoms with E-state index in [1.165, 1.54) is 21.8 Å². The average Bonchev–Trinajstić information content (AvgIpc) is 2.80. The first-order valence-corrected chi connectivity index (χ1v) is 7.67. The number of hydrogen-bond acceptors (Lipinski definition) is 4. The lowest BCUT2D eigenvalue weighted by atomic mass is 10.1. The molecule has 0 fully saturated rings. The molecule has 0 spiro atoms. The summed E-state index contributed by atoms with van der Waals surface area (Å²) >= 11 is 1.41. The quantitative estimate of drug-likeness (QED) is 0.945. The van der Waals surface area contributed by atoms with Gasteiger partial charge in [-0.3, -0.25) is 4.79 Å². The van der Waals surface area contributed by atoms with E-state index in [1.54, 1.807) is 7.05 Å². The van der Waals surface area contributed by atoms with Crippen molar-refractivity contribution in [1.29, 1.82) is 0 Å². The summed E-state index contributed by atoms with van der Waals surface area (Å²) in [6.07, 6.45) is 0. The van der Waals surface area contributed by atoms with Crippen LogP contribution in [0.3, 0.4) is 0 Å². The molecule has 0 atom stereocenters. The van der Waals surface area contributed by atoms with Crippen LogP contribution in [0.5, 0.6) is 0 Å². The van der Waals surface area contributed by atoms with Crippen LogP contribution in [0, 0.1) is 20.8 Å². The molecular formula is C16H20N2O2S. The van der Waals surface area contributed by atoms with Crippen LogP contribution in [0.1, 0.15) is 26.5 Å². The summed E-state index contributed by atoms with van der Waals surface area (Å²) in [6.45, 7) is 6.25. The molecule has 1 aromatic carbocycles. The molecule has 0 saturated carbocycles. The fraction of sp³-hybridized carbons (Fsp3) is 0.375. The van der Waals surface area contributed by atoms with Crippen LogP contribution in [0.25, 0.3) is 10.6 Å². The summed E-state index contributed by atoms with van der Waals surface area (Å²) in [5, 5.41) is 9.81. The molecule has 5 heteroatoms. The van der Waals surface area contributed by atoms with Crippen LogP contribution >= 0.6 is 11.3 Å².